The predicted molar refractivity (Wildman–Crippen MR) is 78.5 cm³/mol. The summed E-state index contributed by atoms with van der Waals surface area (Å²) in [4.78, 5) is 19.7. The topological polar surface area (TPSA) is 90.1 Å². The van der Waals surface area contributed by atoms with Gasteiger partial charge in [-0.25, -0.2) is 4.98 Å². The molecule has 3 N–H and O–H groups in total. The molecule has 0 atom stereocenters. The number of rotatable bonds is 5. The third-order valence-corrected chi connectivity index (χ3v) is 2.56. The first-order chi connectivity index (χ1) is 9.66. The van der Waals surface area contributed by atoms with Gasteiger partial charge in [-0.05, 0) is 12.1 Å². The van der Waals surface area contributed by atoms with E-state index in [1.165, 1.54) is 18.6 Å². The fourth-order valence-electron chi connectivity index (χ4n) is 1.48. The fourth-order valence-corrected chi connectivity index (χ4v) is 1.65. The molecule has 0 fully saturated rings. The maximum Gasteiger partial charge on any atom is 0.263 e. The lowest BCUT2D eigenvalue weighted by Gasteiger charge is -2.10. The van der Waals surface area contributed by atoms with Crippen molar-refractivity contribution in [3.05, 3.63) is 48.4 Å². The molecule has 7 heteroatoms. The highest BCUT2D eigenvalue weighted by atomic mass is 32.1. The van der Waals surface area contributed by atoms with E-state index in [9.17, 15) is 4.79 Å². The van der Waals surface area contributed by atoms with Crippen molar-refractivity contribution in [1.82, 2.24) is 9.97 Å². The van der Waals surface area contributed by atoms with Crippen molar-refractivity contribution in [1.29, 1.82) is 0 Å². The molecule has 0 unspecified atom stereocenters. The Hall–Kier alpha value is -2.54. The van der Waals surface area contributed by atoms with E-state index in [0.29, 0.717) is 17.1 Å². The Balaban J connectivity index is 1.96. The molecular formula is C13H12N4O2S. The number of ether oxygens (including phenoxy) is 1. The molecule has 0 bridgehead atoms. The number of nitrogens with zero attached hydrogens (tertiary/aromatic N) is 2. The van der Waals surface area contributed by atoms with Crippen LogP contribution in [-0.4, -0.2) is 27.5 Å². The third-order valence-electron chi connectivity index (χ3n) is 2.34. The lowest BCUT2D eigenvalue weighted by atomic mass is 10.2. The SMILES string of the molecule is NC(=S)c1ccccc1OCC(=O)Nc1cnccn1. The number of nitrogens with one attached hydrogen (secondary N) is 1. The Morgan fingerprint density at radius 2 is 2.15 bits per heavy atom. The van der Waals surface area contributed by atoms with Crippen LogP contribution >= 0.6 is 12.2 Å². The maximum absolute atomic E-state index is 11.7. The summed E-state index contributed by atoms with van der Waals surface area (Å²) in [5, 5.41) is 2.56. The first-order valence-corrected chi connectivity index (χ1v) is 6.15. The average Bonchev–Trinajstić information content (AvgIpc) is 2.46. The van der Waals surface area contributed by atoms with Crippen LogP contribution in [0.5, 0.6) is 5.75 Å². The number of carbonyl (C=O) groups is 1. The van der Waals surface area contributed by atoms with Gasteiger partial charge in [-0.3, -0.25) is 9.78 Å². The van der Waals surface area contributed by atoms with Crippen molar-refractivity contribution in [3.8, 4) is 5.75 Å². The second-order valence-electron chi connectivity index (χ2n) is 3.79. The van der Waals surface area contributed by atoms with Crippen LogP contribution in [0.3, 0.4) is 0 Å². The lowest BCUT2D eigenvalue weighted by Crippen LogP contribution is -2.22. The summed E-state index contributed by atoms with van der Waals surface area (Å²) in [7, 11) is 0. The standard InChI is InChI=1S/C13H12N4O2S/c14-13(20)9-3-1-2-4-10(9)19-8-12(18)17-11-7-15-5-6-16-11/h1-7H,8H2,(H2,14,20)(H,16,17,18). The van der Waals surface area contributed by atoms with Gasteiger partial charge < -0.3 is 15.8 Å². The second-order valence-corrected chi connectivity index (χ2v) is 4.23. The lowest BCUT2D eigenvalue weighted by molar-refractivity contribution is -0.118. The number of anilines is 1. The van der Waals surface area contributed by atoms with Crippen molar-refractivity contribution < 1.29 is 9.53 Å². The monoisotopic (exact) mass is 288 g/mol. The van der Waals surface area contributed by atoms with E-state index >= 15 is 0 Å². The van der Waals surface area contributed by atoms with Gasteiger partial charge in [0.15, 0.2) is 12.4 Å². The molecule has 20 heavy (non-hydrogen) atoms. The number of aromatic nitrogens is 2. The molecule has 6 nitrogen and oxygen atoms in total. The first kappa shape index (κ1) is 13.9. The first-order valence-electron chi connectivity index (χ1n) is 5.74. The quantitative estimate of drug-likeness (QED) is 0.802. The van der Waals surface area contributed by atoms with E-state index < -0.39 is 0 Å². The van der Waals surface area contributed by atoms with Crippen LogP contribution in [0, 0.1) is 0 Å². The molecule has 0 saturated heterocycles. The molecule has 1 aromatic heterocycles. The molecule has 1 heterocycles. The Morgan fingerprint density at radius 1 is 1.35 bits per heavy atom. The number of amides is 1. The van der Waals surface area contributed by atoms with Gasteiger partial charge in [0, 0.05) is 12.4 Å². The van der Waals surface area contributed by atoms with E-state index in [2.05, 4.69) is 15.3 Å². The third kappa shape index (κ3) is 3.72. The van der Waals surface area contributed by atoms with Crippen molar-refractivity contribution >= 4 is 28.9 Å². The zero-order valence-electron chi connectivity index (χ0n) is 10.4. The number of hydrogen-bond acceptors (Lipinski definition) is 5. The fraction of sp³-hybridized carbons (Fsp3) is 0.0769. The van der Waals surface area contributed by atoms with E-state index in [1.807, 2.05) is 0 Å². The molecular weight excluding hydrogens is 276 g/mol. The van der Waals surface area contributed by atoms with E-state index in [0.717, 1.165) is 0 Å². The Labute approximate surface area is 121 Å². The van der Waals surface area contributed by atoms with Gasteiger partial charge in [0.25, 0.3) is 5.91 Å². The molecule has 0 radical (unpaired) electrons. The van der Waals surface area contributed by atoms with Crippen molar-refractivity contribution in [2.45, 2.75) is 0 Å². The molecule has 0 aliphatic heterocycles. The largest absolute Gasteiger partial charge is 0.483 e. The molecule has 0 aliphatic carbocycles. The van der Waals surface area contributed by atoms with Gasteiger partial charge in [-0.1, -0.05) is 24.4 Å². The minimum atomic E-state index is -0.344. The van der Waals surface area contributed by atoms with Crippen molar-refractivity contribution in [2.75, 3.05) is 11.9 Å². The van der Waals surface area contributed by atoms with E-state index in [4.69, 9.17) is 22.7 Å². The number of benzene rings is 1. The molecule has 2 aromatic rings. The Morgan fingerprint density at radius 3 is 2.85 bits per heavy atom. The van der Waals surface area contributed by atoms with Gasteiger partial charge >= 0.3 is 0 Å². The zero-order chi connectivity index (χ0) is 14.4. The molecule has 1 aromatic carbocycles. The predicted octanol–water partition coefficient (Wildman–Crippen LogP) is 1.13. The number of carbonyl (C=O) groups excluding carboxylic acids is 1. The second kappa shape index (κ2) is 6.58. The van der Waals surface area contributed by atoms with Crippen LogP contribution < -0.4 is 15.8 Å². The highest BCUT2D eigenvalue weighted by Crippen LogP contribution is 2.17. The van der Waals surface area contributed by atoms with Gasteiger partial charge in [0.2, 0.25) is 0 Å². The van der Waals surface area contributed by atoms with Crippen LogP contribution in [0.4, 0.5) is 5.82 Å². The van der Waals surface area contributed by atoms with Crippen LogP contribution in [-0.2, 0) is 4.79 Å². The Kier molecular flexibility index (Phi) is 4.56. The molecule has 2 rings (SSSR count). The van der Waals surface area contributed by atoms with Crippen LogP contribution in [0.25, 0.3) is 0 Å². The molecule has 102 valence electrons. The zero-order valence-corrected chi connectivity index (χ0v) is 11.3. The number of thiocarbonyl (C=S) groups is 1. The summed E-state index contributed by atoms with van der Waals surface area (Å²) >= 11 is 4.91. The summed E-state index contributed by atoms with van der Waals surface area (Å²) in [6.45, 7) is -0.170. The molecule has 1 amide bonds. The normalized spacial score (nSPS) is 9.80. The minimum Gasteiger partial charge on any atom is -0.483 e. The van der Waals surface area contributed by atoms with Crippen molar-refractivity contribution in [2.24, 2.45) is 5.73 Å². The minimum absolute atomic E-state index is 0.170. The smallest absolute Gasteiger partial charge is 0.263 e. The summed E-state index contributed by atoms with van der Waals surface area (Å²) in [5.74, 6) is 0.487. The van der Waals surface area contributed by atoms with E-state index in [-0.39, 0.29) is 17.5 Å². The average molecular weight is 288 g/mol. The van der Waals surface area contributed by atoms with Crippen LogP contribution in [0.2, 0.25) is 0 Å². The maximum atomic E-state index is 11.7. The summed E-state index contributed by atoms with van der Waals surface area (Å²) < 4.78 is 5.40. The van der Waals surface area contributed by atoms with E-state index in [1.54, 1.807) is 24.3 Å². The molecule has 0 spiro atoms. The number of para-hydroxylation sites is 1. The van der Waals surface area contributed by atoms with Gasteiger partial charge in [-0.2, -0.15) is 0 Å². The summed E-state index contributed by atoms with van der Waals surface area (Å²) in [6, 6.07) is 7.00. The number of hydrogen-bond donors (Lipinski definition) is 2. The van der Waals surface area contributed by atoms with Crippen LogP contribution in [0.1, 0.15) is 5.56 Å². The highest BCUT2D eigenvalue weighted by molar-refractivity contribution is 7.80. The van der Waals surface area contributed by atoms with Crippen molar-refractivity contribution in [3.63, 3.8) is 0 Å². The van der Waals surface area contributed by atoms with Crippen LogP contribution in [0.15, 0.2) is 42.9 Å². The molecule has 0 saturated carbocycles. The molecule has 0 aliphatic rings. The van der Waals surface area contributed by atoms with Gasteiger partial charge in [0.1, 0.15) is 10.7 Å². The number of nitrogens with two attached hydrogens (primary N) is 1. The summed E-state index contributed by atoms with van der Waals surface area (Å²) in [5.41, 5.74) is 6.17. The summed E-state index contributed by atoms with van der Waals surface area (Å²) in [6.07, 6.45) is 4.45. The van der Waals surface area contributed by atoms with Gasteiger partial charge in [0.05, 0.1) is 11.8 Å². The Bertz CT molecular complexity index is 619. The highest BCUT2D eigenvalue weighted by Gasteiger charge is 2.08. The van der Waals surface area contributed by atoms with Gasteiger partial charge in [-0.15, -0.1) is 0 Å².